The second-order valence-corrected chi connectivity index (χ2v) is 4.87. The second kappa shape index (κ2) is 6.78. The minimum Gasteiger partial charge on any atom is -0.356 e. The standard InChI is InChI=1S/C12H19ClN4O/c13-10-8-11(16-9-10)12(18)15-2-1-5-17-6-3-14-4-7-17/h8-9,14,16H,1-7H2,(H,15,18). The molecule has 6 heteroatoms. The number of carbonyl (C=O) groups is 1. The number of aromatic amines is 1. The highest BCUT2D eigenvalue weighted by molar-refractivity contribution is 6.30. The van der Waals surface area contributed by atoms with Crippen LogP contribution in [0.1, 0.15) is 16.9 Å². The Labute approximate surface area is 112 Å². The molecule has 0 atom stereocenters. The van der Waals surface area contributed by atoms with Gasteiger partial charge in [-0.2, -0.15) is 0 Å². The predicted octanol–water partition coefficient (Wildman–Crippen LogP) is 0.693. The van der Waals surface area contributed by atoms with Crippen LogP contribution in [0.2, 0.25) is 5.02 Å². The molecule has 5 nitrogen and oxygen atoms in total. The summed E-state index contributed by atoms with van der Waals surface area (Å²) in [7, 11) is 0. The fraction of sp³-hybridized carbons (Fsp3) is 0.583. The number of rotatable bonds is 5. The molecule has 0 aliphatic carbocycles. The van der Waals surface area contributed by atoms with Crippen molar-refractivity contribution in [1.82, 2.24) is 20.5 Å². The zero-order chi connectivity index (χ0) is 12.8. The monoisotopic (exact) mass is 270 g/mol. The number of carbonyl (C=O) groups excluding carboxylic acids is 1. The third-order valence-electron chi connectivity index (χ3n) is 3.04. The van der Waals surface area contributed by atoms with E-state index in [1.807, 2.05) is 0 Å². The van der Waals surface area contributed by atoms with Gasteiger partial charge in [-0.25, -0.2) is 0 Å². The maximum Gasteiger partial charge on any atom is 0.267 e. The molecule has 2 heterocycles. The summed E-state index contributed by atoms with van der Waals surface area (Å²) in [6.45, 7) is 6.05. The number of H-pyrrole nitrogens is 1. The minimum absolute atomic E-state index is 0.0952. The van der Waals surface area contributed by atoms with Crippen LogP contribution in [0.5, 0.6) is 0 Å². The van der Waals surface area contributed by atoms with Crippen molar-refractivity contribution in [2.45, 2.75) is 6.42 Å². The summed E-state index contributed by atoms with van der Waals surface area (Å²) < 4.78 is 0. The lowest BCUT2D eigenvalue weighted by atomic mass is 10.3. The zero-order valence-corrected chi connectivity index (χ0v) is 11.1. The molecule has 0 spiro atoms. The van der Waals surface area contributed by atoms with Gasteiger partial charge in [0.05, 0.1) is 5.02 Å². The lowest BCUT2D eigenvalue weighted by molar-refractivity contribution is 0.0947. The van der Waals surface area contributed by atoms with Gasteiger partial charge in [0.2, 0.25) is 0 Å². The van der Waals surface area contributed by atoms with E-state index in [2.05, 4.69) is 20.5 Å². The quantitative estimate of drug-likeness (QED) is 0.690. The smallest absolute Gasteiger partial charge is 0.267 e. The molecule has 0 saturated carbocycles. The Morgan fingerprint density at radius 1 is 1.44 bits per heavy atom. The first kappa shape index (κ1) is 13.4. The lowest BCUT2D eigenvalue weighted by Gasteiger charge is -2.27. The summed E-state index contributed by atoms with van der Waals surface area (Å²) in [5.74, 6) is -0.0952. The van der Waals surface area contributed by atoms with E-state index in [1.165, 1.54) is 0 Å². The summed E-state index contributed by atoms with van der Waals surface area (Å²) in [6, 6.07) is 1.63. The van der Waals surface area contributed by atoms with Gasteiger partial charge in [0, 0.05) is 38.9 Å². The maximum absolute atomic E-state index is 11.7. The average Bonchev–Trinajstić information content (AvgIpc) is 2.82. The van der Waals surface area contributed by atoms with Crippen molar-refractivity contribution in [3.05, 3.63) is 23.0 Å². The summed E-state index contributed by atoms with van der Waals surface area (Å²) in [5.41, 5.74) is 0.516. The topological polar surface area (TPSA) is 60.2 Å². The van der Waals surface area contributed by atoms with Gasteiger partial charge < -0.3 is 20.5 Å². The third-order valence-corrected chi connectivity index (χ3v) is 3.26. The molecule has 1 amide bonds. The zero-order valence-electron chi connectivity index (χ0n) is 10.3. The molecule has 1 aliphatic heterocycles. The molecular formula is C12H19ClN4O. The van der Waals surface area contributed by atoms with Gasteiger partial charge in [-0.1, -0.05) is 11.6 Å². The highest BCUT2D eigenvalue weighted by Gasteiger charge is 2.10. The first-order chi connectivity index (χ1) is 8.75. The van der Waals surface area contributed by atoms with Crippen LogP contribution in [0.15, 0.2) is 12.3 Å². The third kappa shape index (κ3) is 4.01. The number of aromatic nitrogens is 1. The van der Waals surface area contributed by atoms with E-state index in [0.29, 0.717) is 17.3 Å². The van der Waals surface area contributed by atoms with Gasteiger partial charge in [0.1, 0.15) is 5.69 Å². The molecule has 3 N–H and O–H groups in total. The van der Waals surface area contributed by atoms with Crippen LogP contribution in [0.25, 0.3) is 0 Å². The normalized spacial score (nSPS) is 16.7. The molecule has 0 unspecified atom stereocenters. The van der Waals surface area contributed by atoms with Crippen LogP contribution in [0.4, 0.5) is 0 Å². The molecule has 100 valence electrons. The highest BCUT2D eigenvalue weighted by atomic mass is 35.5. The van der Waals surface area contributed by atoms with Crippen molar-refractivity contribution in [3.8, 4) is 0 Å². The molecule has 1 fully saturated rings. The first-order valence-electron chi connectivity index (χ1n) is 6.31. The predicted molar refractivity (Wildman–Crippen MR) is 72.1 cm³/mol. The number of amides is 1. The Hall–Kier alpha value is -1.04. The van der Waals surface area contributed by atoms with E-state index in [9.17, 15) is 4.79 Å². The molecule has 2 rings (SSSR count). The second-order valence-electron chi connectivity index (χ2n) is 4.43. The number of halogens is 1. The van der Waals surface area contributed by atoms with Crippen molar-refractivity contribution in [2.75, 3.05) is 39.3 Å². The summed E-state index contributed by atoms with van der Waals surface area (Å²) >= 11 is 5.74. The van der Waals surface area contributed by atoms with Crippen molar-refractivity contribution < 1.29 is 4.79 Å². The van der Waals surface area contributed by atoms with Crippen molar-refractivity contribution in [2.24, 2.45) is 0 Å². The Balaban J connectivity index is 1.61. The van der Waals surface area contributed by atoms with E-state index in [1.54, 1.807) is 12.3 Å². The Morgan fingerprint density at radius 3 is 2.89 bits per heavy atom. The molecule has 18 heavy (non-hydrogen) atoms. The number of nitrogens with zero attached hydrogens (tertiary/aromatic N) is 1. The van der Waals surface area contributed by atoms with Gasteiger partial charge in [-0.3, -0.25) is 4.79 Å². The average molecular weight is 271 g/mol. The molecule has 0 radical (unpaired) electrons. The van der Waals surface area contributed by atoms with E-state index in [0.717, 1.165) is 39.1 Å². The van der Waals surface area contributed by atoms with Gasteiger partial charge in [-0.15, -0.1) is 0 Å². The Bertz CT molecular complexity index is 387. The highest BCUT2D eigenvalue weighted by Crippen LogP contribution is 2.08. The summed E-state index contributed by atoms with van der Waals surface area (Å²) in [6.07, 6.45) is 2.58. The fourth-order valence-corrected chi connectivity index (χ4v) is 2.20. The number of hydrogen-bond acceptors (Lipinski definition) is 3. The summed E-state index contributed by atoms with van der Waals surface area (Å²) in [5, 5.41) is 6.76. The van der Waals surface area contributed by atoms with Crippen LogP contribution in [0.3, 0.4) is 0 Å². The molecule has 1 aromatic heterocycles. The molecule has 0 bridgehead atoms. The van der Waals surface area contributed by atoms with E-state index >= 15 is 0 Å². The van der Waals surface area contributed by atoms with Crippen LogP contribution >= 0.6 is 11.6 Å². The largest absolute Gasteiger partial charge is 0.356 e. The van der Waals surface area contributed by atoms with Crippen LogP contribution in [-0.4, -0.2) is 55.1 Å². The summed E-state index contributed by atoms with van der Waals surface area (Å²) in [4.78, 5) is 16.9. The molecule has 1 saturated heterocycles. The first-order valence-corrected chi connectivity index (χ1v) is 6.69. The van der Waals surface area contributed by atoms with Crippen LogP contribution < -0.4 is 10.6 Å². The van der Waals surface area contributed by atoms with E-state index < -0.39 is 0 Å². The van der Waals surface area contributed by atoms with Crippen LogP contribution in [-0.2, 0) is 0 Å². The Kier molecular flexibility index (Phi) is 5.04. The number of hydrogen-bond donors (Lipinski definition) is 3. The lowest BCUT2D eigenvalue weighted by Crippen LogP contribution is -2.44. The fourth-order valence-electron chi connectivity index (χ4n) is 2.03. The van der Waals surface area contributed by atoms with Crippen molar-refractivity contribution in [3.63, 3.8) is 0 Å². The van der Waals surface area contributed by atoms with Gasteiger partial charge in [-0.05, 0) is 19.0 Å². The van der Waals surface area contributed by atoms with Gasteiger partial charge in [0.25, 0.3) is 5.91 Å². The molecule has 1 aliphatic rings. The number of nitrogens with one attached hydrogen (secondary N) is 3. The van der Waals surface area contributed by atoms with Crippen molar-refractivity contribution in [1.29, 1.82) is 0 Å². The van der Waals surface area contributed by atoms with Crippen LogP contribution in [0, 0.1) is 0 Å². The molecule has 0 aromatic carbocycles. The Morgan fingerprint density at radius 2 is 2.22 bits per heavy atom. The SMILES string of the molecule is O=C(NCCCN1CCNCC1)c1cc(Cl)c[nH]1. The van der Waals surface area contributed by atoms with E-state index in [4.69, 9.17) is 11.6 Å². The van der Waals surface area contributed by atoms with E-state index in [-0.39, 0.29) is 5.91 Å². The maximum atomic E-state index is 11.7. The number of piperazine rings is 1. The molecule has 1 aromatic rings. The molecular weight excluding hydrogens is 252 g/mol. The van der Waals surface area contributed by atoms with Crippen molar-refractivity contribution >= 4 is 17.5 Å². The minimum atomic E-state index is -0.0952. The van der Waals surface area contributed by atoms with Gasteiger partial charge >= 0.3 is 0 Å². The van der Waals surface area contributed by atoms with Gasteiger partial charge in [0.15, 0.2) is 0 Å².